The van der Waals surface area contributed by atoms with Crippen LogP contribution in [0.1, 0.15) is 49.9 Å². The van der Waals surface area contributed by atoms with Crippen molar-refractivity contribution >= 4 is 11.9 Å². The van der Waals surface area contributed by atoms with Crippen LogP contribution in [0.5, 0.6) is 17.2 Å². The van der Waals surface area contributed by atoms with Crippen LogP contribution >= 0.6 is 0 Å². The van der Waals surface area contributed by atoms with Crippen molar-refractivity contribution in [2.45, 2.75) is 39.5 Å². The van der Waals surface area contributed by atoms with Gasteiger partial charge < -0.3 is 14.2 Å². The zero-order valence-electron chi connectivity index (χ0n) is 15.2. The Labute approximate surface area is 153 Å². The minimum atomic E-state index is -0.477. The average molecular weight is 356 g/mol. The van der Waals surface area contributed by atoms with Gasteiger partial charge in [0.15, 0.2) is 0 Å². The van der Waals surface area contributed by atoms with Crippen LogP contribution in [0.3, 0.4) is 0 Å². The van der Waals surface area contributed by atoms with Crippen molar-refractivity contribution in [3.05, 3.63) is 54.1 Å². The molecule has 0 amide bonds. The Hall–Kier alpha value is -2.82. The fourth-order valence-electron chi connectivity index (χ4n) is 2.30. The van der Waals surface area contributed by atoms with Crippen LogP contribution in [0.15, 0.2) is 48.5 Å². The maximum Gasteiger partial charge on any atom is 0.343 e. The van der Waals surface area contributed by atoms with E-state index < -0.39 is 5.97 Å². The second kappa shape index (κ2) is 10.2. The highest BCUT2D eigenvalue weighted by atomic mass is 16.5. The van der Waals surface area contributed by atoms with Gasteiger partial charge in [-0.25, -0.2) is 4.79 Å². The normalized spacial score (nSPS) is 10.2. The number of hydrogen-bond acceptors (Lipinski definition) is 5. The van der Waals surface area contributed by atoms with Crippen LogP contribution < -0.4 is 14.2 Å². The first-order chi connectivity index (χ1) is 12.6. The monoisotopic (exact) mass is 356 g/mol. The molecule has 2 aromatic rings. The molecule has 5 heteroatoms. The zero-order chi connectivity index (χ0) is 18.8. The second-order valence-corrected chi connectivity index (χ2v) is 5.75. The van der Waals surface area contributed by atoms with E-state index in [1.54, 1.807) is 48.5 Å². The molecule has 0 radical (unpaired) electrons. The molecule has 0 aliphatic carbocycles. The van der Waals surface area contributed by atoms with Crippen molar-refractivity contribution in [1.29, 1.82) is 0 Å². The highest BCUT2D eigenvalue weighted by Gasteiger charge is 2.10. The summed E-state index contributed by atoms with van der Waals surface area (Å²) in [6.45, 7) is 4.56. The zero-order valence-corrected chi connectivity index (χ0v) is 15.2. The van der Waals surface area contributed by atoms with E-state index in [1.165, 1.54) is 0 Å². The van der Waals surface area contributed by atoms with Crippen LogP contribution in [0, 0.1) is 0 Å². The van der Waals surface area contributed by atoms with Gasteiger partial charge in [0.1, 0.15) is 17.2 Å². The lowest BCUT2D eigenvalue weighted by atomic mass is 10.2. The van der Waals surface area contributed by atoms with Crippen LogP contribution in [-0.2, 0) is 4.79 Å². The molecule has 0 aliphatic rings. The van der Waals surface area contributed by atoms with Crippen molar-refractivity contribution in [3.8, 4) is 17.2 Å². The summed E-state index contributed by atoms with van der Waals surface area (Å²) in [5.41, 5.74) is 0.379. The van der Waals surface area contributed by atoms with Crippen molar-refractivity contribution in [2.24, 2.45) is 0 Å². The molecular formula is C21H24O5. The Morgan fingerprint density at radius 3 is 1.96 bits per heavy atom. The predicted molar refractivity (Wildman–Crippen MR) is 98.8 cm³/mol. The number of carbonyl (C=O) groups is 2. The summed E-state index contributed by atoms with van der Waals surface area (Å²) in [6, 6.07) is 13.2. The molecule has 2 rings (SSSR count). The van der Waals surface area contributed by atoms with E-state index in [2.05, 4.69) is 6.92 Å². The first kappa shape index (κ1) is 19.5. The smallest absolute Gasteiger partial charge is 0.343 e. The molecule has 0 saturated heterocycles. The van der Waals surface area contributed by atoms with Crippen molar-refractivity contribution in [3.63, 3.8) is 0 Å². The molecule has 0 fully saturated rings. The lowest BCUT2D eigenvalue weighted by Gasteiger charge is -2.07. The van der Waals surface area contributed by atoms with Gasteiger partial charge >= 0.3 is 11.9 Å². The molecule has 0 aliphatic heterocycles. The highest BCUT2D eigenvalue weighted by molar-refractivity contribution is 5.91. The second-order valence-electron chi connectivity index (χ2n) is 5.75. The minimum Gasteiger partial charge on any atom is -0.494 e. The molecule has 0 saturated carbocycles. The summed E-state index contributed by atoms with van der Waals surface area (Å²) in [6.07, 6.45) is 3.28. The van der Waals surface area contributed by atoms with Crippen molar-refractivity contribution < 1.29 is 23.8 Å². The topological polar surface area (TPSA) is 61.8 Å². The third-order valence-electron chi connectivity index (χ3n) is 3.65. The fourth-order valence-corrected chi connectivity index (χ4v) is 2.30. The third kappa shape index (κ3) is 6.24. The van der Waals surface area contributed by atoms with Crippen LogP contribution in [0.2, 0.25) is 0 Å². The van der Waals surface area contributed by atoms with Gasteiger partial charge in [0.05, 0.1) is 12.2 Å². The Kier molecular flexibility index (Phi) is 7.68. The maximum absolute atomic E-state index is 12.2. The summed E-state index contributed by atoms with van der Waals surface area (Å²) in [7, 11) is 0. The Balaban J connectivity index is 1.88. The summed E-state index contributed by atoms with van der Waals surface area (Å²) < 4.78 is 15.9. The van der Waals surface area contributed by atoms with Gasteiger partial charge in [-0.2, -0.15) is 0 Å². The van der Waals surface area contributed by atoms with Gasteiger partial charge in [0, 0.05) is 6.42 Å². The van der Waals surface area contributed by atoms with Crippen molar-refractivity contribution in [1.82, 2.24) is 0 Å². The first-order valence-electron chi connectivity index (χ1n) is 8.88. The summed E-state index contributed by atoms with van der Waals surface area (Å²) >= 11 is 0. The van der Waals surface area contributed by atoms with E-state index in [0.717, 1.165) is 25.0 Å². The van der Waals surface area contributed by atoms with Crippen LogP contribution in [-0.4, -0.2) is 18.5 Å². The number of ether oxygens (including phenoxy) is 3. The van der Waals surface area contributed by atoms with Gasteiger partial charge in [-0.05, 0) is 61.9 Å². The van der Waals surface area contributed by atoms with Crippen LogP contribution in [0.25, 0.3) is 0 Å². The molecule has 0 N–H and O–H groups in total. The fraction of sp³-hybridized carbons (Fsp3) is 0.333. The number of rotatable bonds is 9. The third-order valence-corrected chi connectivity index (χ3v) is 3.65. The molecule has 2 aromatic carbocycles. The quantitative estimate of drug-likeness (QED) is 0.367. The molecule has 138 valence electrons. The molecule has 0 heterocycles. The molecule has 0 spiro atoms. The SMILES string of the molecule is CCCCCC(=O)Oc1ccc(C(=O)Oc2ccc(OCC)cc2)cc1. The summed E-state index contributed by atoms with van der Waals surface area (Å²) in [5.74, 6) is 0.838. The first-order valence-corrected chi connectivity index (χ1v) is 8.88. The summed E-state index contributed by atoms with van der Waals surface area (Å²) in [4.78, 5) is 23.9. The highest BCUT2D eigenvalue weighted by Crippen LogP contribution is 2.20. The van der Waals surface area contributed by atoms with E-state index in [9.17, 15) is 9.59 Å². The standard InChI is InChI=1S/C21H24O5/c1-3-5-6-7-20(22)25-18-10-8-16(9-11-18)21(23)26-19-14-12-17(13-15-19)24-4-2/h8-15H,3-7H2,1-2H3. The Morgan fingerprint density at radius 1 is 0.769 bits per heavy atom. The van der Waals surface area contributed by atoms with Crippen LogP contribution in [0.4, 0.5) is 0 Å². The molecule has 0 aromatic heterocycles. The maximum atomic E-state index is 12.2. The van der Waals surface area contributed by atoms with Gasteiger partial charge in [-0.15, -0.1) is 0 Å². The van der Waals surface area contributed by atoms with E-state index >= 15 is 0 Å². The van der Waals surface area contributed by atoms with E-state index in [-0.39, 0.29) is 5.97 Å². The lowest BCUT2D eigenvalue weighted by Crippen LogP contribution is -2.10. The molecule has 26 heavy (non-hydrogen) atoms. The van der Waals surface area contributed by atoms with Gasteiger partial charge in [0.25, 0.3) is 0 Å². The number of unbranched alkanes of at least 4 members (excludes halogenated alkanes) is 2. The number of carbonyl (C=O) groups excluding carboxylic acids is 2. The molecular weight excluding hydrogens is 332 g/mol. The molecule has 0 atom stereocenters. The number of hydrogen-bond donors (Lipinski definition) is 0. The largest absolute Gasteiger partial charge is 0.494 e. The van der Waals surface area contributed by atoms with Gasteiger partial charge in [-0.1, -0.05) is 19.8 Å². The number of esters is 2. The van der Waals surface area contributed by atoms with Crippen molar-refractivity contribution in [2.75, 3.05) is 6.61 Å². The number of benzene rings is 2. The Bertz CT molecular complexity index is 704. The summed E-state index contributed by atoms with van der Waals surface area (Å²) in [5, 5.41) is 0. The van der Waals surface area contributed by atoms with E-state index in [4.69, 9.17) is 14.2 Å². The molecule has 0 unspecified atom stereocenters. The average Bonchev–Trinajstić information content (AvgIpc) is 2.64. The van der Waals surface area contributed by atoms with Gasteiger partial charge in [-0.3, -0.25) is 4.79 Å². The molecule has 0 bridgehead atoms. The lowest BCUT2D eigenvalue weighted by molar-refractivity contribution is -0.134. The minimum absolute atomic E-state index is 0.261. The van der Waals surface area contributed by atoms with Gasteiger partial charge in [0.2, 0.25) is 0 Å². The van der Waals surface area contributed by atoms with E-state index in [0.29, 0.717) is 30.1 Å². The predicted octanol–water partition coefficient (Wildman–Crippen LogP) is 4.79. The van der Waals surface area contributed by atoms with E-state index in [1.807, 2.05) is 6.92 Å². The Morgan fingerprint density at radius 2 is 1.35 bits per heavy atom. The molecule has 5 nitrogen and oxygen atoms in total.